The Hall–Kier alpha value is -15.7. The molecule has 12 amide bonds. The van der Waals surface area contributed by atoms with E-state index in [1.165, 1.54) is 84.6 Å². The number of hydrogen-bond donors (Lipinski definition) is 12. The van der Waals surface area contributed by atoms with Gasteiger partial charge in [0.1, 0.15) is 85.6 Å². The molecule has 0 heterocycles. The first-order chi connectivity index (χ1) is 68.3. The third-order valence-electron chi connectivity index (χ3n) is 22.4. The normalized spacial score (nSPS) is 11.0. The summed E-state index contributed by atoms with van der Waals surface area (Å²) in [6.07, 6.45) is -3.62. The first-order valence-electron chi connectivity index (χ1n) is 46.7. The van der Waals surface area contributed by atoms with Crippen LogP contribution in [0.25, 0.3) is 0 Å². The van der Waals surface area contributed by atoms with E-state index in [4.69, 9.17) is 37.9 Å². The van der Waals surface area contributed by atoms with Gasteiger partial charge in [0.15, 0.2) is 0 Å². The second-order valence-electron chi connectivity index (χ2n) is 34.0. The summed E-state index contributed by atoms with van der Waals surface area (Å²) in [5.74, 6) is 6.77. The number of carbonyl (C=O) groups is 6. The highest BCUT2D eigenvalue weighted by molar-refractivity contribution is 5.93. The minimum Gasteiger partial charge on any atom is -0.497 e. The minimum atomic E-state index is -4.47. The van der Waals surface area contributed by atoms with Crippen molar-refractivity contribution in [3.05, 3.63) is 341 Å². The number of amides is 12. The standard InChI is InChI=1S/C20H24N2O2.C19H24N2O3.C19H24N2O2.C18H19F3N2O2.C18H20F2N2O2.C18H22N2O3/c1-13-4-9-19(14(2)10-13)24-12-17-11-16(15-5-6-15)7-8-18(17)22-20(23)21-3;1-5-23-16-7-8-17(21-19(22)20-4)15(11-16)12-24-18-9-6-13(2)10-14(18)3;1-5-15-7-8-17(21-19(22)20-4)16(11-15)12-23-18-9-6-13(2)10-14(18)3;1-11-4-7-16(12(2)8-11)25-10-13-9-14(18(19,20)21)5-6-15(13)23-17(24)22-3;1-11-4-7-16(12(2)8-11)24-10-14-9-13(17(19)20)5-6-15(14)22-18(23)21-3;1-12-5-8-17(13(2)9-12)23-11-14-10-15(22-4)6-7-16(14)20-18(21)19-3/h4,7-11,15H,5-6,12H2,1-3H3,(H2,21,22,23);6-11H,5,12H2,1-4H3,(H2,20,21,22);6-11H,5,12H2,1-4H3,(H2,20,21,22);4-9H,10H2,1-3H3,(H2,22,23,24);4-9,17H,10H2,1-3H3,(H2,21,22,23);5-10H,11H2,1-4H3,(H2,19,20,21). The van der Waals surface area contributed by atoms with Crippen molar-refractivity contribution in [3.8, 4) is 46.0 Å². The van der Waals surface area contributed by atoms with Crippen LogP contribution in [0.5, 0.6) is 46.0 Å². The molecule has 0 radical (unpaired) electrons. The molecule has 13 rings (SSSR count). The molecule has 12 N–H and O–H groups in total. The van der Waals surface area contributed by atoms with E-state index < -0.39 is 30.2 Å². The molecule has 0 spiro atoms. The highest BCUT2D eigenvalue weighted by Crippen LogP contribution is 2.42. The van der Waals surface area contributed by atoms with Gasteiger partial charge in [-0.05, 0) is 275 Å². The van der Waals surface area contributed by atoms with Crippen molar-refractivity contribution in [2.24, 2.45) is 0 Å². The Morgan fingerprint density at radius 1 is 0.308 bits per heavy atom. The maximum Gasteiger partial charge on any atom is 0.416 e. The van der Waals surface area contributed by atoms with Crippen molar-refractivity contribution >= 4 is 70.3 Å². The number of rotatable bonds is 30. The zero-order chi connectivity index (χ0) is 105. The maximum atomic E-state index is 13.0. The lowest BCUT2D eigenvalue weighted by atomic mass is 10.1. The fourth-order valence-corrected chi connectivity index (χ4v) is 14.5. The Morgan fingerprint density at radius 3 is 0.853 bits per heavy atom. The minimum absolute atomic E-state index is 0.0732. The van der Waals surface area contributed by atoms with Gasteiger partial charge >= 0.3 is 42.4 Å². The van der Waals surface area contributed by atoms with Gasteiger partial charge in [0.2, 0.25) is 0 Å². The molecule has 143 heavy (non-hydrogen) atoms. The highest BCUT2D eigenvalue weighted by Gasteiger charge is 2.32. The lowest BCUT2D eigenvalue weighted by Gasteiger charge is -2.16. The van der Waals surface area contributed by atoms with Gasteiger partial charge in [-0.3, -0.25) is 0 Å². The van der Waals surface area contributed by atoms with Crippen LogP contribution < -0.4 is 102 Å². The SMILES string of the molecule is CCOc1ccc(NC(=O)NC)c(COc2ccc(C)cc2C)c1.CCc1ccc(NC(=O)NC)c(COc2ccc(C)cc2C)c1.CNC(=O)Nc1ccc(C(F)(F)F)cc1COc1ccc(C)cc1C.CNC(=O)Nc1ccc(C(F)F)cc1COc1ccc(C)cc1C.CNC(=O)Nc1ccc(C2CC2)cc1COc1ccc(C)cc1C.CNC(=O)Nc1ccc(OC)cc1COc1ccc(C)cc1C. The van der Waals surface area contributed by atoms with Crippen LogP contribution in [0.3, 0.4) is 0 Å². The Balaban J connectivity index is 0.000000210. The van der Waals surface area contributed by atoms with Gasteiger partial charge < -0.3 is 102 Å². The molecule has 0 atom stereocenters. The number of aryl methyl sites for hydroxylation is 13. The molecule has 1 saturated carbocycles. The number of nitrogens with one attached hydrogen (secondary N) is 12. The van der Waals surface area contributed by atoms with Gasteiger partial charge in [0.25, 0.3) is 6.43 Å². The quantitative estimate of drug-likeness (QED) is 0.0186. The molecule has 0 saturated heterocycles. The largest absolute Gasteiger partial charge is 0.497 e. The molecule has 1 aliphatic rings. The monoisotopic (exact) mass is 1960 g/mol. The summed E-state index contributed by atoms with van der Waals surface area (Å²) >= 11 is 0. The van der Waals surface area contributed by atoms with E-state index in [1.807, 2.05) is 197 Å². The predicted molar refractivity (Wildman–Crippen MR) is 558 cm³/mol. The number of alkyl halides is 5. The molecule has 12 aromatic carbocycles. The van der Waals surface area contributed by atoms with Crippen LogP contribution in [0.2, 0.25) is 0 Å². The lowest BCUT2D eigenvalue weighted by molar-refractivity contribution is -0.137. The van der Waals surface area contributed by atoms with Crippen molar-refractivity contribution in [3.63, 3.8) is 0 Å². The number of ether oxygens (including phenoxy) is 8. The Morgan fingerprint density at radius 2 is 0.573 bits per heavy atom. The number of anilines is 6. The highest BCUT2D eigenvalue weighted by atomic mass is 19.4. The molecule has 0 aliphatic heterocycles. The third kappa shape index (κ3) is 36.8. The van der Waals surface area contributed by atoms with Crippen LogP contribution >= 0.6 is 0 Å². The van der Waals surface area contributed by atoms with E-state index in [2.05, 4.69) is 127 Å². The van der Waals surface area contributed by atoms with Gasteiger partial charge in [-0.15, -0.1) is 0 Å². The van der Waals surface area contributed by atoms with Gasteiger partial charge in [-0.2, -0.15) is 13.2 Å². The average Bonchev–Trinajstić information content (AvgIpc) is 1.77. The smallest absolute Gasteiger partial charge is 0.416 e. The van der Waals surface area contributed by atoms with Crippen molar-refractivity contribution in [1.82, 2.24) is 31.9 Å². The molecule has 0 aromatic heterocycles. The van der Waals surface area contributed by atoms with Crippen molar-refractivity contribution in [2.75, 3.05) is 87.9 Å². The molecule has 760 valence electrons. The molecule has 1 fully saturated rings. The summed E-state index contributed by atoms with van der Waals surface area (Å²) in [6, 6.07) is 64.2. The van der Waals surface area contributed by atoms with Crippen LogP contribution in [0.15, 0.2) is 218 Å². The van der Waals surface area contributed by atoms with Crippen molar-refractivity contribution < 1.29 is 88.6 Å². The van der Waals surface area contributed by atoms with Crippen LogP contribution in [0.4, 0.5) is 84.8 Å². The Bertz CT molecular complexity index is 6070. The predicted octanol–water partition coefficient (Wildman–Crippen LogP) is 25.6. The van der Waals surface area contributed by atoms with E-state index in [0.717, 1.165) is 125 Å². The average molecular weight is 1970 g/mol. The van der Waals surface area contributed by atoms with Crippen LogP contribution in [0.1, 0.15) is 161 Å². The molecule has 0 bridgehead atoms. The van der Waals surface area contributed by atoms with Crippen LogP contribution in [-0.2, 0) is 52.2 Å². The van der Waals surface area contributed by atoms with Crippen molar-refractivity contribution in [2.45, 2.75) is 174 Å². The lowest BCUT2D eigenvalue weighted by Crippen LogP contribution is -2.25. The van der Waals surface area contributed by atoms with Crippen LogP contribution in [-0.4, -0.2) is 92.2 Å². The summed E-state index contributed by atoms with van der Waals surface area (Å²) in [7, 11) is 10.9. The second kappa shape index (κ2) is 55.9. The molecule has 26 nitrogen and oxygen atoms in total. The third-order valence-corrected chi connectivity index (χ3v) is 22.4. The first-order valence-corrected chi connectivity index (χ1v) is 46.7. The van der Waals surface area contributed by atoms with Gasteiger partial charge in [0.05, 0.1) is 19.3 Å². The number of benzene rings is 12. The summed E-state index contributed by atoms with van der Waals surface area (Å²) < 4.78 is 111. The number of methoxy groups -OCH3 is 1. The van der Waals surface area contributed by atoms with Gasteiger partial charge in [-0.25, -0.2) is 37.5 Å². The molecule has 0 unspecified atom stereocenters. The summed E-state index contributed by atoms with van der Waals surface area (Å²) in [5.41, 5.74) is 22.9. The second-order valence-corrected chi connectivity index (χ2v) is 34.0. The van der Waals surface area contributed by atoms with E-state index in [1.54, 1.807) is 53.5 Å². The summed E-state index contributed by atoms with van der Waals surface area (Å²) in [4.78, 5) is 69.4. The zero-order valence-electron chi connectivity index (χ0n) is 85.1. The fraction of sp³-hybridized carbons (Fsp3) is 0.304. The number of hydrogen-bond acceptors (Lipinski definition) is 14. The molecule has 1 aliphatic carbocycles. The van der Waals surface area contributed by atoms with Gasteiger partial charge in [0, 0.05) is 115 Å². The maximum absolute atomic E-state index is 13.0. The molecular formula is C112H133F5N12O14. The summed E-state index contributed by atoms with van der Waals surface area (Å²) in [5, 5.41) is 31.5. The first kappa shape index (κ1) is 113. The Labute approximate surface area is 835 Å². The molecular weight excluding hydrogens is 1830 g/mol. The van der Waals surface area contributed by atoms with E-state index >= 15 is 0 Å². The van der Waals surface area contributed by atoms with Crippen LogP contribution in [0, 0.1) is 83.1 Å². The van der Waals surface area contributed by atoms with E-state index in [9.17, 15) is 50.7 Å². The Kier molecular flexibility index (Phi) is 44.0. The fourth-order valence-electron chi connectivity index (χ4n) is 14.5. The van der Waals surface area contributed by atoms with Crippen molar-refractivity contribution in [1.29, 1.82) is 0 Å². The molecule has 31 heteroatoms. The topological polar surface area (TPSA) is 321 Å². The molecule has 12 aromatic rings. The number of halogens is 5. The number of urea groups is 6. The van der Waals surface area contributed by atoms with E-state index in [0.29, 0.717) is 78.8 Å². The number of carbonyl (C=O) groups excluding carboxylic acids is 6. The van der Waals surface area contributed by atoms with E-state index in [-0.39, 0.29) is 54.2 Å². The zero-order valence-corrected chi connectivity index (χ0v) is 85.1. The van der Waals surface area contributed by atoms with Gasteiger partial charge in [-0.1, -0.05) is 143 Å². The summed E-state index contributed by atoms with van der Waals surface area (Å²) in [6.45, 7) is 30.1.